The Bertz CT molecular complexity index is 667. The third-order valence-electron chi connectivity index (χ3n) is 3.16. The molecule has 1 aromatic heterocycles. The molecule has 0 aliphatic carbocycles. The Hall–Kier alpha value is -2.14. The van der Waals surface area contributed by atoms with Gasteiger partial charge in [-0.05, 0) is 37.1 Å². The number of hydrogen-bond donors (Lipinski definition) is 3. The first-order valence-electron chi connectivity index (χ1n) is 6.50. The Balaban J connectivity index is 2.01. The van der Waals surface area contributed by atoms with Crippen LogP contribution in [-0.2, 0) is 13.5 Å². The van der Waals surface area contributed by atoms with Gasteiger partial charge in [0, 0.05) is 19.3 Å². The van der Waals surface area contributed by atoms with E-state index >= 15 is 0 Å². The summed E-state index contributed by atoms with van der Waals surface area (Å²) in [6, 6.07) is 6.09. The summed E-state index contributed by atoms with van der Waals surface area (Å²) in [7, 11) is 1.75. The molecule has 21 heavy (non-hydrogen) atoms. The largest absolute Gasteiger partial charge is 0.504 e. The van der Waals surface area contributed by atoms with Gasteiger partial charge in [-0.3, -0.25) is 4.79 Å². The van der Waals surface area contributed by atoms with Gasteiger partial charge < -0.3 is 20.1 Å². The molecule has 0 aliphatic rings. The molecule has 3 N–H and O–H groups in total. The predicted octanol–water partition coefficient (Wildman–Crippen LogP) is 2.45. The van der Waals surface area contributed by atoms with E-state index in [-0.39, 0.29) is 23.4 Å². The van der Waals surface area contributed by atoms with Crippen molar-refractivity contribution >= 4 is 17.5 Å². The number of amides is 1. The first-order chi connectivity index (χ1) is 9.86. The van der Waals surface area contributed by atoms with Gasteiger partial charge in [0.1, 0.15) is 5.69 Å². The number of benzene rings is 1. The van der Waals surface area contributed by atoms with Gasteiger partial charge in [0.2, 0.25) is 0 Å². The average Bonchev–Trinajstić information content (AvgIpc) is 2.73. The minimum atomic E-state index is -0.208. The van der Waals surface area contributed by atoms with E-state index in [4.69, 9.17) is 11.6 Å². The Morgan fingerprint density at radius 3 is 2.62 bits per heavy atom. The van der Waals surface area contributed by atoms with Crippen LogP contribution in [0.2, 0.25) is 5.02 Å². The van der Waals surface area contributed by atoms with Crippen molar-refractivity contribution in [3.05, 3.63) is 46.7 Å². The number of carbonyl (C=O) groups excluding carboxylic acids is 1. The van der Waals surface area contributed by atoms with Gasteiger partial charge in [0.25, 0.3) is 5.91 Å². The topological polar surface area (TPSA) is 74.5 Å². The molecule has 5 nitrogen and oxygen atoms in total. The number of phenols is 2. The smallest absolute Gasteiger partial charge is 0.268 e. The van der Waals surface area contributed by atoms with Crippen LogP contribution in [0.15, 0.2) is 30.5 Å². The lowest BCUT2D eigenvalue weighted by Crippen LogP contribution is -2.35. The lowest BCUT2D eigenvalue weighted by Gasteiger charge is -2.14. The van der Waals surface area contributed by atoms with E-state index in [1.54, 1.807) is 29.9 Å². The van der Waals surface area contributed by atoms with E-state index in [1.165, 1.54) is 12.1 Å². The number of carbonyl (C=O) groups is 1. The summed E-state index contributed by atoms with van der Waals surface area (Å²) < 4.78 is 1.66. The van der Waals surface area contributed by atoms with Gasteiger partial charge in [-0.2, -0.15) is 0 Å². The van der Waals surface area contributed by atoms with Crippen molar-refractivity contribution in [1.29, 1.82) is 0 Å². The first kappa shape index (κ1) is 15.3. The molecule has 0 spiro atoms. The maximum Gasteiger partial charge on any atom is 0.268 e. The number of aromatic nitrogens is 1. The van der Waals surface area contributed by atoms with Crippen LogP contribution < -0.4 is 5.32 Å². The molecule has 0 saturated carbocycles. The second kappa shape index (κ2) is 6.10. The number of hydrogen-bond acceptors (Lipinski definition) is 3. The zero-order valence-corrected chi connectivity index (χ0v) is 12.6. The number of phenolic OH excluding ortho intramolecular Hbond substituents is 2. The molecule has 6 heteroatoms. The minimum Gasteiger partial charge on any atom is -0.504 e. The van der Waals surface area contributed by atoms with Crippen LogP contribution in [0.5, 0.6) is 11.5 Å². The summed E-state index contributed by atoms with van der Waals surface area (Å²) in [4.78, 5) is 12.1. The molecule has 0 radical (unpaired) electrons. The van der Waals surface area contributed by atoms with E-state index in [1.807, 2.05) is 6.92 Å². The van der Waals surface area contributed by atoms with Gasteiger partial charge in [0.15, 0.2) is 11.5 Å². The van der Waals surface area contributed by atoms with Crippen molar-refractivity contribution in [2.24, 2.45) is 7.05 Å². The van der Waals surface area contributed by atoms with Gasteiger partial charge in [0.05, 0.1) is 5.02 Å². The van der Waals surface area contributed by atoms with Crippen molar-refractivity contribution in [1.82, 2.24) is 9.88 Å². The highest BCUT2D eigenvalue weighted by Gasteiger charge is 2.14. The molecule has 2 rings (SSSR count). The first-order valence-corrected chi connectivity index (χ1v) is 6.88. The standard InChI is InChI=1S/C15H17ClN2O3/c1-9(5-10-3-4-13(19)14(20)6-10)17-15(21)12-7-11(16)8-18(12)2/h3-4,6-9,19-20H,5H2,1-2H3,(H,17,21). The van der Waals surface area contributed by atoms with E-state index in [0.717, 1.165) is 5.56 Å². The van der Waals surface area contributed by atoms with Crippen molar-refractivity contribution in [2.45, 2.75) is 19.4 Å². The number of aromatic hydroxyl groups is 2. The molecule has 1 unspecified atom stereocenters. The summed E-state index contributed by atoms with van der Waals surface area (Å²) in [5, 5.41) is 22.1. The maximum absolute atomic E-state index is 12.1. The third-order valence-corrected chi connectivity index (χ3v) is 3.37. The molecule has 0 bridgehead atoms. The highest BCUT2D eigenvalue weighted by Crippen LogP contribution is 2.25. The van der Waals surface area contributed by atoms with E-state index < -0.39 is 0 Å². The number of halogens is 1. The predicted molar refractivity (Wildman–Crippen MR) is 80.8 cm³/mol. The molecule has 0 fully saturated rings. The minimum absolute atomic E-state index is 0.130. The molecule has 1 amide bonds. The molecular weight excluding hydrogens is 292 g/mol. The second-order valence-corrected chi connectivity index (χ2v) is 5.49. The zero-order chi connectivity index (χ0) is 15.6. The number of rotatable bonds is 4. The van der Waals surface area contributed by atoms with E-state index in [9.17, 15) is 15.0 Å². The van der Waals surface area contributed by atoms with Crippen molar-refractivity contribution in [3.8, 4) is 11.5 Å². The van der Waals surface area contributed by atoms with Gasteiger partial charge in [-0.1, -0.05) is 17.7 Å². The molecule has 1 atom stereocenters. The fourth-order valence-electron chi connectivity index (χ4n) is 2.15. The molecular formula is C15H17ClN2O3. The quantitative estimate of drug-likeness (QED) is 0.760. The Kier molecular flexibility index (Phi) is 4.43. The number of aryl methyl sites for hydroxylation is 1. The molecule has 0 aliphatic heterocycles. The summed E-state index contributed by atoms with van der Waals surface area (Å²) in [5.41, 5.74) is 1.31. The molecule has 112 valence electrons. The van der Waals surface area contributed by atoms with Gasteiger partial charge >= 0.3 is 0 Å². The van der Waals surface area contributed by atoms with Gasteiger partial charge in [-0.25, -0.2) is 0 Å². The van der Waals surface area contributed by atoms with Crippen LogP contribution >= 0.6 is 11.6 Å². The fraction of sp³-hybridized carbons (Fsp3) is 0.267. The highest BCUT2D eigenvalue weighted by atomic mass is 35.5. The normalized spacial score (nSPS) is 12.1. The Labute approximate surface area is 127 Å². The van der Waals surface area contributed by atoms with Crippen LogP contribution in [0.3, 0.4) is 0 Å². The van der Waals surface area contributed by atoms with Crippen molar-refractivity contribution < 1.29 is 15.0 Å². The third kappa shape index (κ3) is 3.70. The van der Waals surface area contributed by atoms with Crippen molar-refractivity contribution in [3.63, 3.8) is 0 Å². The van der Waals surface area contributed by atoms with Gasteiger partial charge in [-0.15, -0.1) is 0 Å². The SMILES string of the molecule is CC(Cc1ccc(O)c(O)c1)NC(=O)c1cc(Cl)cn1C. The highest BCUT2D eigenvalue weighted by molar-refractivity contribution is 6.31. The zero-order valence-electron chi connectivity index (χ0n) is 11.8. The summed E-state index contributed by atoms with van der Waals surface area (Å²) in [6.07, 6.45) is 2.21. The number of nitrogens with one attached hydrogen (secondary N) is 1. The molecule has 1 heterocycles. The van der Waals surface area contributed by atoms with Crippen LogP contribution in [0.25, 0.3) is 0 Å². The summed E-state index contributed by atoms with van der Waals surface area (Å²) in [5.74, 6) is -0.533. The Morgan fingerprint density at radius 1 is 1.33 bits per heavy atom. The summed E-state index contributed by atoms with van der Waals surface area (Å²) >= 11 is 5.86. The molecule has 0 saturated heterocycles. The average molecular weight is 309 g/mol. The van der Waals surface area contributed by atoms with E-state index in [2.05, 4.69) is 5.32 Å². The second-order valence-electron chi connectivity index (χ2n) is 5.06. The fourth-order valence-corrected chi connectivity index (χ4v) is 2.40. The van der Waals surface area contributed by atoms with Crippen LogP contribution in [0.4, 0.5) is 0 Å². The maximum atomic E-state index is 12.1. The lowest BCUT2D eigenvalue weighted by molar-refractivity contribution is 0.0932. The van der Waals surface area contributed by atoms with Crippen LogP contribution in [0.1, 0.15) is 23.0 Å². The molecule has 2 aromatic rings. The van der Waals surface area contributed by atoms with Crippen LogP contribution in [-0.4, -0.2) is 26.7 Å². The van der Waals surface area contributed by atoms with Crippen LogP contribution in [0, 0.1) is 0 Å². The molecule has 1 aromatic carbocycles. The Morgan fingerprint density at radius 2 is 2.05 bits per heavy atom. The monoisotopic (exact) mass is 308 g/mol. The summed E-state index contributed by atoms with van der Waals surface area (Å²) in [6.45, 7) is 1.87. The van der Waals surface area contributed by atoms with Crippen molar-refractivity contribution in [2.75, 3.05) is 0 Å². The number of nitrogens with zero attached hydrogens (tertiary/aromatic N) is 1. The van der Waals surface area contributed by atoms with E-state index in [0.29, 0.717) is 17.1 Å². The lowest BCUT2D eigenvalue weighted by atomic mass is 10.1.